The van der Waals surface area contributed by atoms with Crippen molar-refractivity contribution in [2.24, 2.45) is 0 Å². The molecule has 1 aliphatic rings. The van der Waals surface area contributed by atoms with E-state index in [1.165, 1.54) is 7.11 Å². The van der Waals surface area contributed by atoms with E-state index in [2.05, 4.69) is 27.7 Å². The molecule has 0 bridgehead atoms. The zero-order valence-electron chi connectivity index (χ0n) is 10.4. The monoisotopic (exact) mass is 372 g/mol. The predicted molar refractivity (Wildman–Crippen MR) is 78.1 cm³/mol. The van der Waals surface area contributed by atoms with Crippen molar-refractivity contribution >= 4 is 39.5 Å². The summed E-state index contributed by atoms with van der Waals surface area (Å²) < 4.78 is 13.0. The molecule has 19 heavy (non-hydrogen) atoms. The Morgan fingerprint density at radius 1 is 1.63 bits per heavy atom. The fraction of sp³-hybridized carbons (Fsp3) is 0.385. The maximum absolute atomic E-state index is 11.6. The second-order valence-corrected chi connectivity index (χ2v) is 5.50. The number of benzene rings is 1. The average Bonchev–Trinajstić information content (AvgIpc) is 2.69. The Morgan fingerprint density at radius 2 is 2.42 bits per heavy atom. The molecule has 0 unspecified atom stereocenters. The lowest BCUT2D eigenvalue weighted by Gasteiger charge is -2.26. The quantitative estimate of drug-likeness (QED) is 0.613. The van der Waals surface area contributed by atoms with Crippen molar-refractivity contribution in [3.05, 3.63) is 27.5 Å². The Kier molecular flexibility index (Phi) is 3.44. The molecule has 100 valence electrons. The molecule has 1 saturated heterocycles. The van der Waals surface area contributed by atoms with Gasteiger partial charge in [0.25, 0.3) is 0 Å². The zero-order chi connectivity index (χ0) is 13.4. The number of esters is 1. The second-order valence-electron chi connectivity index (χ2n) is 4.48. The molecule has 1 fully saturated rings. The molecule has 5 nitrogen and oxygen atoms in total. The van der Waals surface area contributed by atoms with Gasteiger partial charge in [-0.1, -0.05) is 0 Å². The van der Waals surface area contributed by atoms with Gasteiger partial charge in [0, 0.05) is 12.0 Å². The number of rotatable bonds is 3. The van der Waals surface area contributed by atoms with Crippen molar-refractivity contribution < 1.29 is 14.3 Å². The summed E-state index contributed by atoms with van der Waals surface area (Å²) in [6, 6.07) is 5.51. The van der Waals surface area contributed by atoms with Gasteiger partial charge in [-0.25, -0.2) is 4.79 Å². The van der Waals surface area contributed by atoms with Gasteiger partial charge in [0.1, 0.15) is 3.70 Å². The lowest BCUT2D eigenvalue weighted by atomic mass is 10.1. The highest BCUT2D eigenvalue weighted by Crippen LogP contribution is 2.24. The Balaban J connectivity index is 2.02. The van der Waals surface area contributed by atoms with Crippen molar-refractivity contribution in [1.29, 1.82) is 0 Å². The Bertz CT molecular complexity index is 634. The summed E-state index contributed by atoms with van der Waals surface area (Å²) in [6.07, 6.45) is 1.30. The summed E-state index contributed by atoms with van der Waals surface area (Å²) >= 11 is 2.21. The molecule has 0 amide bonds. The van der Waals surface area contributed by atoms with Crippen molar-refractivity contribution in [3.8, 4) is 0 Å². The molecule has 2 heterocycles. The smallest absolute Gasteiger partial charge is 0.337 e. The Morgan fingerprint density at radius 3 is 3.05 bits per heavy atom. The molecule has 0 spiro atoms. The number of hydrogen-bond acceptors (Lipinski definition) is 4. The van der Waals surface area contributed by atoms with Gasteiger partial charge in [-0.2, -0.15) is 5.10 Å². The molecule has 1 atom stereocenters. The van der Waals surface area contributed by atoms with Gasteiger partial charge in [0.05, 0.1) is 30.8 Å². The van der Waals surface area contributed by atoms with Crippen LogP contribution in [0.4, 0.5) is 0 Å². The molecule has 1 aromatic heterocycles. The van der Waals surface area contributed by atoms with Crippen LogP contribution in [-0.2, 0) is 16.0 Å². The minimum Gasteiger partial charge on any atom is -0.465 e. The number of nitrogens with zero attached hydrogens (tertiary/aromatic N) is 2. The lowest BCUT2D eigenvalue weighted by molar-refractivity contribution is -0.0603. The fourth-order valence-corrected chi connectivity index (χ4v) is 2.86. The van der Waals surface area contributed by atoms with Gasteiger partial charge < -0.3 is 9.47 Å². The summed E-state index contributed by atoms with van der Waals surface area (Å²) in [5.74, 6) is -0.329. The first-order valence-corrected chi connectivity index (χ1v) is 7.13. The number of fused-ring (bicyclic) bond motifs is 1. The maximum atomic E-state index is 11.6. The molecule has 0 radical (unpaired) electrons. The fourth-order valence-electron chi connectivity index (χ4n) is 2.14. The van der Waals surface area contributed by atoms with Crippen LogP contribution in [0.25, 0.3) is 10.9 Å². The largest absolute Gasteiger partial charge is 0.465 e. The van der Waals surface area contributed by atoms with Gasteiger partial charge in [-0.15, -0.1) is 0 Å². The number of methoxy groups -OCH3 is 1. The molecule has 0 saturated carbocycles. The van der Waals surface area contributed by atoms with Crippen LogP contribution in [0, 0.1) is 3.70 Å². The van der Waals surface area contributed by atoms with Crippen LogP contribution in [0.2, 0.25) is 0 Å². The third-order valence-corrected chi connectivity index (χ3v) is 4.09. The van der Waals surface area contributed by atoms with Gasteiger partial charge in [0.2, 0.25) is 0 Å². The minimum absolute atomic E-state index is 0.237. The first kappa shape index (κ1) is 12.9. The van der Waals surface area contributed by atoms with Gasteiger partial charge in [-0.3, -0.25) is 4.68 Å². The van der Waals surface area contributed by atoms with Crippen LogP contribution in [0.3, 0.4) is 0 Å². The van der Waals surface area contributed by atoms with Gasteiger partial charge in [0.15, 0.2) is 0 Å². The van der Waals surface area contributed by atoms with Crippen LogP contribution >= 0.6 is 22.6 Å². The van der Waals surface area contributed by atoms with Crippen molar-refractivity contribution in [1.82, 2.24) is 9.78 Å². The zero-order valence-corrected chi connectivity index (χ0v) is 12.6. The number of carbonyl (C=O) groups excluding carboxylic acids is 1. The highest BCUT2D eigenvalue weighted by Gasteiger charge is 2.21. The summed E-state index contributed by atoms with van der Waals surface area (Å²) in [7, 11) is 1.38. The first-order valence-electron chi connectivity index (χ1n) is 6.05. The van der Waals surface area contributed by atoms with Gasteiger partial charge in [-0.05, 0) is 47.2 Å². The molecule has 2 aromatic rings. The minimum atomic E-state index is -0.329. The molecule has 1 aromatic carbocycles. The van der Waals surface area contributed by atoms with Gasteiger partial charge >= 0.3 is 5.97 Å². The van der Waals surface area contributed by atoms with E-state index in [-0.39, 0.29) is 12.1 Å². The summed E-state index contributed by atoms with van der Waals surface area (Å²) in [5.41, 5.74) is 1.49. The Labute approximate surface area is 124 Å². The summed E-state index contributed by atoms with van der Waals surface area (Å²) in [4.78, 5) is 11.6. The number of aromatic nitrogens is 2. The van der Waals surface area contributed by atoms with E-state index in [0.29, 0.717) is 5.56 Å². The van der Waals surface area contributed by atoms with E-state index < -0.39 is 0 Å². The average molecular weight is 372 g/mol. The van der Waals surface area contributed by atoms with Crippen molar-refractivity contribution in [2.45, 2.75) is 19.1 Å². The molecule has 0 aliphatic carbocycles. The van der Waals surface area contributed by atoms with Crippen molar-refractivity contribution in [2.75, 3.05) is 13.7 Å². The standard InChI is InChI=1S/C13H13IN2O3/c1-18-13(17)8-2-3-10-11(6-8)16(15-12(10)14)7-9-4-5-19-9/h2-3,6,9H,4-5,7H2,1H3/t9-/m0/s1. The van der Waals surface area contributed by atoms with Crippen LogP contribution in [0.5, 0.6) is 0 Å². The van der Waals surface area contributed by atoms with E-state index in [1.54, 1.807) is 6.07 Å². The number of halogens is 1. The predicted octanol–water partition coefficient (Wildman–Crippen LogP) is 2.22. The first-order chi connectivity index (χ1) is 9.19. The van der Waals surface area contributed by atoms with E-state index in [1.807, 2.05) is 16.8 Å². The van der Waals surface area contributed by atoms with E-state index in [0.717, 1.165) is 34.2 Å². The topological polar surface area (TPSA) is 53.3 Å². The highest BCUT2D eigenvalue weighted by molar-refractivity contribution is 14.1. The van der Waals surface area contributed by atoms with Crippen molar-refractivity contribution in [3.63, 3.8) is 0 Å². The lowest BCUT2D eigenvalue weighted by Crippen LogP contribution is -2.31. The molecular formula is C13H13IN2O3. The van der Waals surface area contributed by atoms with Crippen LogP contribution in [-0.4, -0.2) is 35.6 Å². The SMILES string of the molecule is COC(=O)c1ccc2c(I)nn(C[C@@H]3CCO3)c2c1. The van der Waals surface area contributed by atoms with E-state index in [9.17, 15) is 4.79 Å². The third-order valence-electron chi connectivity index (χ3n) is 3.30. The van der Waals surface area contributed by atoms with Crippen LogP contribution in [0.15, 0.2) is 18.2 Å². The molecule has 6 heteroatoms. The Hall–Kier alpha value is -1.15. The van der Waals surface area contributed by atoms with E-state index >= 15 is 0 Å². The highest BCUT2D eigenvalue weighted by atomic mass is 127. The molecular weight excluding hydrogens is 359 g/mol. The summed E-state index contributed by atoms with van der Waals surface area (Å²) in [6.45, 7) is 1.55. The van der Waals surface area contributed by atoms with E-state index in [4.69, 9.17) is 9.47 Å². The van der Waals surface area contributed by atoms with Crippen LogP contribution in [0.1, 0.15) is 16.8 Å². The number of hydrogen-bond donors (Lipinski definition) is 0. The second kappa shape index (κ2) is 5.09. The normalized spacial score (nSPS) is 18.3. The molecule has 1 aliphatic heterocycles. The molecule has 0 N–H and O–H groups in total. The molecule has 3 rings (SSSR count). The third kappa shape index (κ3) is 2.34. The van der Waals surface area contributed by atoms with Crippen LogP contribution < -0.4 is 0 Å². The summed E-state index contributed by atoms with van der Waals surface area (Å²) in [5, 5.41) is 5.56. The number of ether oxygens (including phenoxy) is 2. The number of carbonyl (C=O) groups is 1. The maximum Gasteiger partial charge on any atom is 0.337 e.